The van der Waals surface area contributed by atoms with Gasteiger partial charge in [-0.15, -0.1) is 0 Å². The maximum atomic E-state index is 13.4. The van der Waals surface area contributed by atoms with Gasteiger partial charge in [0.1, 0.15) is 24.1 Å². The van der Waals surface area contributed by atoms with Crippen molar-refractivity contribution in [3.05, 3.63) is 42.1 Å². The van der Waals surface area contributed by atoms with Gasteiger partial charge in [-0.25, -0.2) is 10.0 Å². The number of nitrogens with one attached hydrogen (secondary N) is 2. The lowest BCUT2D eigenvalue weighted by Crippen LogP contribution is -2.62. The number of nitrogens with zero attached hydrogens (tertiary/aromatic N) is 2. The molecule has 0 unspecified atom stereocenters. The van der Waals surface area contributed by atoms with Gasteiger partial charge >= 0.3 is 5.97 Å². The van der Waals surface area contributed by atoms with E-state index in [1.807, 2.05) is 0 Å². The lowest BCUT2D eigenvalue weighted by Gasteiger charge is -2.39. The molecule has 2 aliphatic heterocycles. The molecule has 2 aliphatic rings. The van der Waals surface area contributed by atoms with E-state index in [1.54, 1.807) is 12.1 Å². The highest BCUT2D eigenvalue weighted by Crippen LogP contribution is 2.24. The van der Waals surface area contributed by atoms with Crippen molar-refractivity contribution in [3.8, 4) is 5.75 Å². The molecule has 4 amide bonds. The largest absolute Gasteiger partial charge is 0.497 e. The SMILES string of the molecule is COc1ccc(C(=O)N[C@H]2CCC(=O)N3C=CC[C@@H](C(=O)N[C@H](C=O)CC(=O)O)N3C2=O)cc1. The van der Waals surface area contributed by atoms with E-state index in [0.29, 0.717) is 5.75 Å². The van der Waals surface area contributed by atoms with Gasteiger partial charge in [-0.1, -0.05) is 6.08 Å². The molecule has 0 spiro atoms. The van der Waals surface area contributed by atoms with Crippen LogP contribution in [0.4, 0.5) is 0 Å². The minimum Gasteiger partial charge on any atom is -0.497 e. The van der Waals surface area contributed by atoms with Crippen molar-refractivity contribution in [2.45, 2.75) is 43.8 Å². The number of aldehydes is 1. The highest BCUT2D eigenvalue weighted by molar-refractivity contribution is 6.00. The molecule has 3 N–H and O–H groups in total. The molecule has 3 atom stereocenters. The lowest BCUT2D eigenvalue weighted by atomic mass is 10.1. The predicted molar refractivity (Wildman–Crippen MR) is 115 cm³/mol. The zero-order valence-electron chi connectivity index (χ0n) is 18.3. The molecule has 2 heterocycles. The fourth-order valence-electron chi connectivity index (χ4n) is 3.68. The average molecular weight is 472 g/mol. The summed E-state index contributed by atoms with van der Waals surface area (Å²) in [5.74, 6) is -3.22. The smallest absolute Gasteiger partial charge is 0.305 e. The van der Waals surface area contributed by atoms with E-state index in [-0.39, 0.29) is 31.1 Å². The second kappa shape index (κ2) is 10.6. The molecule has 3 rings (SSSR count). The summed E-state index contributed by atoms with van der Waals surface area (Å²) in [6.45, 7) is 0. The molecular formula is C22H24N4O8. The summed E-state index contributed by atoms with van der Waals surface area (Å²) >= 11 is 0. The van der Waals surface area contributed by atoms with Gasteiger partial charge in [0, 0.05) is 18.2 Å². The van der Waals surface area contributed by atoms with Crippen LogP contribution < -0.4 is 15.4 Å². The maximum absolute atomic E-state index is 13.4. The van der Waals surface area contributed by atoms with Gasteiger partial charge in [0.05, 0.1) is 19.6 Å². The Morgan fingerprint density at radius 3 is 2.56 bits per heavy atom. The molecule has 1 aromatic carbocycles. The first-order chi connectivity index (χ1) is 16.2. The van der Waals surface area contributed by atoms with Crippen molar-refractivity contribution in [2.24, 2.45) is 0 Å². The Kier molecular flexibility index (Phi) is 7.61. The van der Waals surface area contributed by atoms with E-state index >= 15 is 0 Å². The number of aliphatic carboxylic acids is 1. The van der Waals surface area contributed by atoms with Crippen molar-refractivity contribution in [1.82, 2.24) is 20.7 Å². The number of methoxy groups -OCH3 is 1. The predicted octanol–water partition coefficient (Wildman–Crippen LogP) is -0.396. The normalized spacial score (nSPS) is 20.6. The molecule has 1 fully saturated rings. The summed E-state index contributed by atoms with van der Waals surface area (Å²) in [6, 6.07) is 2.62. The van der Waals surface area contributed by atoms with Crippen LogP contribution in [0.1, 0.15) is 36.0 Å². The van der Waals surface area contributed by atoms with E-state index in [1.165, 1.54) is 31.5 Å². The van der Waals surface area contributed by atoms with Crippen LogP contribution in [0.25, 0.3) is 0 Å². The van der Waals surface area contributed by atoms with Crippen molar-refractivity contribution in [3.63, 3.8) is 0 Å². The van der Waals surface area contributed by atoms with E-state index in [4.69, 9.17) is 9.84 Å². The van der Waals surface area contributed by atoms with Crippen LogP contribution in [0.2, 0.25) is 0 Å². The van der Waals surface area contributed by atoms with Crippen LogP contribution in [-0.4, -0.2) is 76.2 Å². The Morgan fingerprint density at radius 2 is 1.94 bits per heavy atom. The van der Waals surface area contributed by atoms with Gasteiger partial charge in [0.15, 0.2) is 0 Å². The van der Waals surface area contributed by atoms with E-state index < -0.39 is 54.1 Å². The number of benzene rings is 1. The highest BCUT2D eigenvalue weighted by atomic mass is 16.5. The zero-order chi connectivity index (χ0) is 24.8. The molecule has 180 valence electrons. The number of hydrogen-bond acceptors (Lipinski definition) is 7. The monoisotopic (exact) mass is 472 g/mol. The van der Waals surface area contributed by atoms with Crippen LogP contribution in [-0.2, 0) is 24.0 Å². The third-order valence-electron chi connectivity index (χ3n) is 5.41. The number of amides is 4. The Hall–Kier alpha value is -4.22. The molecule has 0 saturated carbocycles. The minimum absolute atomic E-state index is 0.0186. The number of carbonyl (C=O) groups is 6. The maximum Gasteiger partial charge on any atom is 0.305 e. The first-order valence-corrected chi connectivity index (χ1v) is 10.5. The lowest BCUT2D eigenvalue weighted by molar-refractivity contribution is -0.166. The van der Waals surface area contributed by atoms with Crippen LogP contribution in [0, 0.1) is 0 Å². The zero-order valence-corrected chi connectivity index (χ0v) is 18.3. The van der Waals surface area contributed by atoms with Gasteiger partial charge in [-0.05, 0) is 37.1 Å². The third kappa shape index (κ3) is 5.39. The first-order valence-electron chi connectivity index (χ1n) is 10.5. The number of ether oxygens (including phenoxy) is 1. The van der Waals surface area contributed by atoms with Crippen molar-refractivity contribution in [1.29, 1.82) is 0 Å². The second-order valence-electron chi connectivity index (χ2n) is 7.70. The van der Waals surface area contributed by atoms with E-state index in [9.17, 15) is 28.8 Å². The summed E-state index contributed by atoms with van der Waals surface area (Å²) in [4.78, 5) is 73.6. The van der Waals surface area contributed by atoms with Gasteiger partial charge in [-0.2, -0.15) is 0 Å². The van der Waals surface area contributed by atoms with Gasteiger partial charge < -0.3 is 25.3 Å². The molecule has 12 heteroatoms. The summed E-state index contributed by atoms with van der Waals surface area (Å²) in [5.41, 5.74) is 0.274. The van der Waals surface area contributed by atoms with E-state index in [0.717, 1.165) is 10.0 Å². The Bertz CT molecular complexity index is 1020. The Balaban J connectivity index is 1.80. The van der Waals surface area contributed by atoms with Crippen LogP contribution in [0.3, 0.4) is 0 Å². The summed E-state index contributed by atoms with van der Waals surface area (Å²) in [5, 5.41) is 15.8. The van der Waals surface area contributed by atoms with Crippen LogP contribution in [0.15, 0.2) is 36.5 Å². The minimum atomic E-state index is -1.30. The Morgan fingerprint density at radius 1 is 1.24 bits per heavy atom. The van der Waals surface area contributed by atoms with E-state index in [2.05, 4.69) is 10.6 Å². The highest BCUT2D eigenvalue weighted by Gasteiger charge is 2.43. The summed E-state index contributed by atoms with van der Waals surface area (Å²) < 4.78 is 5.06. The van der Waals surface area contributed by atoms with Crippen molar-refractivity contribution >= 4 is 35.9 Å². The molecule has 34 heavy (non-hydrogen) atoms. The molecule has 0 aromatic heterocycles. The molecule has 0 bridgehead atoms. The molecule has 0 radical (unpaired) electrons. The molecule has 1 aromatic rings. The second-order valence-corrected chi connectivity index (χ2v) is 7.70. The number of fused-ring (bicyclic) bond motifs is 1. The van der Waals surface area contributed by atoms with Gasteiger partial charge in [0.2, 0.25) is 11.8 Å². The fraction of sp³-hybridized carbons (Fsp3) is 0.364. The molecule has 0 aliphatic carbocycles. The average Bonchev–Trinajstić information content (AvgIpc) is 2.95. The third-order valence-corrected chi connectivity index (χ3v) is 5.41. The van der Waals surface area contributed by atoms with Crippen molar-refractivity contribution < 1.29 is 38.6 Å². The fourth-order valence-corrected chi connectivity index (χ4v) is 3.68. The quantitative estimate of drug-likeness (QED) is 0.431. The van der Waals surface area contributed by atoms with Gasteiger partial charge in [-0.3, -0.25) is 24.0 Å². The topological polar surface area (TPSA) is 162 Å². The first kappa shape index (κ1) is 24.4. The summed E-state index contributed by atoms with van der Waals surface area (Å²) in [7, 11) is 1.49. The Labute approximate surface area is 194 Å². The number of hydrazine groups is 1. The van der Waals surface area contributed by atoms with Crippen LogP contribution in [0.5, 0.6) is 5.75 Å². The standard InChI is InChI=1S/C22H24N4O8/c1-34-15-6-4-13(5-7-15)20(31)24-16-8-9-18(28)25-10-2-3-17(26(25)22(16)33)21(32)23-14(12-27)11-19(29)30/h2,4-7,10,12,14,16-17H,3,8-9,11H2,1H3,(H,23,32)(H,24,31)(H,29,30)/t14-,16-,17-/m0/s1. The molecular weight excluding hydrogens is 448 g/mol. The number of rotatable bonds is 8. The number of carboxylic acids is 1. The number of carboxylic acid groups (broad SMARTS) is 1. The number of carbonyl (C=O) groups excluding carboxylic acids is 5. The van der Waals surface area contributed by atoms with Crippen LogP contribution >= 0.6 is 0 Å². The van der Waals surface area contributed by atoms with Crippen molar-refractivity contribution in [2.75, 3.05) is 7.11 Å². The number of hydrogen-bond donors (Lipinski definition) is 3. The molecule has 1 saturated heterocycles. The summed E-state index contributed by atoms with van der Waals surface area (Å²) in [6.07, 6.45) is 2.53. The molecule has 12 nitrogen and oxygen atoms in total. The van der Waals surface area contributed by atoms with Gasteiger partial charge in [0.25, 0.3) is 11.8 Å².